The van der Waals surface area contributed by atoms with Gasteiger partial charge in [-0.2, -0.15) is 0 Å². The fourth-order valence-corrected chi connectivity index (χ4v) is 2.46. The van der Waals surface area contributed by atoms with Crippen LogP contribution in [0.4, 0.5) is 0 Å². The highest BCUT2D eigenvalue weighted by atomic mass is 32.2. The van der Waals surface area contributed by atoms with Gasteiger partial charge in [0.05, 0.1) is 0 Å². The minimum absolute atomic E-state index is 0.149. The van der Waals surface area contributed by atoms with Crippen molar-refractivity contribution >= 4 is 11.8 Å². The largest absolute Gasteiger partial charge is 0.360 e. The van der Waals surface area contributed by atoms with E-state index in [2.05, 4.69) is 32.2 Å². The predicted molar refractivity (Wildman–Crippen MR) is 59.0 cm³/mol. The van der Waals surface area contributed by atoms with Gasteiger partial charge in [-0.3, -0.25) is 0 Å². The molecule has 0 aliphatic heterocycles. The second-order valence-corrected chi connectivity index (χ2v) is 5.75. The first kappa shape index (κ1) is 10.1. The normalized spacial score (nSPS) is 17.4. The van der Waals surface area contributed by atoms with Crippen LogP contribution >= 0.6 is 11.8 Å². The SMILES string of the molecule is CSc1noc(C2CC2)c1C(C)(C)C. The first-order valence-electron chi connectivity index (χ1n) is 5.08. The second kappa shape index (κ2) is 3.30. The summed E-state index contributed by atoms with van der Waals surface area (Å²) in [5.41, 5.74) is 1.48. The van der Waals surface area contributed by atoms with E-state index in [9.17, 15) is 0 Å². The smallest absolute Gasteiger partial charge is 0.144 e. The summed E-state index contributed by atoms with van der Waals surface area (Å²) < 4.78 is 5.47. The Labute approximate surface area is 89.4 Å². The van der Waals surface area contributed by atoms with E-state index < -0.39 is 0 Å². The maximum absolute atomic E-state index is 5.47. The van der Waals surface area contributed by atoms with Crippen LogP contribution < -0.4 is 0 Å². The van der Waals surface area contributed by atoms with Crippen molar-refractivity contribution in [1.82, 2.24) is 5.16 Å². The Balaban J connectivity index is 2.45. The molecular weight excluding hydrogens is 194 g/mol. The van der Waals surface area contributed by atoms with Crippen LogP contribution in [-0.2, 0) is 5.41 Å². The van der Waals surface area contributed by atoms with Gasteiger partial charge in [0.25, 0.3) is 0 Å². The number of nitrogens with zero attached hydrogens (tertiary/aromatic N) is 1. The lowest BCUT2D eigenvalue weighted by molar-refractivity contribution is 0.369. The molecule has 1 aromatic rings. The van der Waals surface area contributed by atoms with Crippen LogP contribution in [0.15, 0.2) is 9.55 Å². The van der Waals surface area contributed by atoms with E-state index in [0.717, 1.165) is 10.8 Å². The van der Waals surface area contributed by atoms with E-state index >= 15 is 0 Å². The Kier molecular flexibility index (Phi) is 2.38. The summed E-state index contributed by atoms with van der Waals surface area (Å²) in [5, 5.41) is 5.22. The Morgan fingerprint density at radius 2 is 2.00 bits per heavy atom. The molecule has 0 saturated heterocycles. The molecule has 14 heavy (non-hydrogen) atoms. The molecule has 0 unspecified atom stereocenters. The maximum Gasteiger partial charge on any atom is 0.144 e. The molecule has 1 heterocycles. The lowest BCUT2D eigenvalue weighted by Gasteiger charge is -2.18. The van der Waals surface area contributed by atoms with Crippen LogP contribution in [0.5, 0.6) is 0 Å². The van der Waals surface area contributed by atoms with Crippen molar-refractivity contribution in [2.75, 3.05) is 6.26 Å². The van der Waals surface area contributed by atoms with Gasteiger partial charge >= 0.3 is 0 Å². The molecule has 0 N–H and O–H groups in total. The Morgan fingerprint density at radius 3 is 2.43 bits per heavy atom. The quantitative estimate of drug-likeness (QED) is 0.699. The van der Waals surface area contributed by atoms with Gasteiger partial charge in [0, 0.05) is 11.5 Å². The number of hydrogen-bond donors (Lipinski definition) is 0. The lowest BCUT2D eigenvalue weighted by Crippen LogP contribution is -2.13. The molecule has 0 atom stereocenters. The van der Waals surface area contributed by atoms with E-state index in [4.69, 9.17) is 4.52 Å². The second-order valence-electron chi connectivity index (χ2n) is 4.96. The molecule has 0 radical (unpaired) electrons. The lowest BCUT2D eigenvalue weighted by atomic mass is 9.86. The topological polar surface area (TPSA) is 26.0 Å². The van der Waals surface area contributed by atoms with Crippen LogP contribution in [0.2, 0.25) is 0 Å². The van der Waals surface area contributed by atoms with Gasteiger partial charge in [0.2, 0.25) is 0 Å². The number of hydrogen-bond acceptors (Lipinski definition) is 3. The average molecular weight is 211 g/mol. The molecule has 1 aliphatic rings. The molecule has 78 valence electrons. The first-order valence-corrected chi connectivity index (χ1v) is 6.30. The zero-order valence-corrected chi connectivity index (χ0v) is 10.1. The summed E-state index contributed by atoms with van der Waals surface area (Å²) in [7, 11) is 0. The number of thioether (sulfide) groups is 1. The van der Waals surface area contributed by atoms with Crippen molar-refractivity contribution in [1.29, 1.82) is 0 Å². The van der Waals surface area contributed by atoms with Gasteiger partial charge in [-0.25, -0.2) is 0 Å². The third-order valence-corrected chi connectivity index (χ3v) is 3.24. The summed E-state index contributed by atoms with van der Waals surface area (Å²) >= 11 is 1.68. The Morgan fingerprint density at radius 1 is 1.36 bits per heavy atom. The third kappa shape index (κ3) is 1.70. The molecule has 0 bridgehead atoms. The van der Waals surface area contributed by atoms with Crippen molar-refractivity contribution in [2.24, 2.45) is 0 Å². The Hall–Kier alpha value is -0.440. The van der Waals surface area contributed by atoms with Crippen molar-refractivity contribution in [3.05, 3.63) is 11.3 Å². The van der Waals surface area contributed by atoms with Crippen LogP contribution in [0.1, 0.15) is 50.9 Å². The predicted octanol–water partition coefficient (Wildman–Crippen LogP) is 3.57. The molecule has 3 heteroatoms. The molecule has 1 aromatic heterocycles. The highest BCUT2D eigenvalue weighted by molar-refractivity contribution is 7.98. The minimum Gasteiger partial charge on any atom is -0.360 e. The van der Waals surface area contributed by atoms with Crippen LogP contribution in [-0.4, -0.2) is 11.4 Å². The van der Waals surface area contributed by atoms with Crippen LogP contribution in [0.25, 0.3) is 0 Å². The fraction of sp³-hybridized carbons (Fsp3) is 0.727. The maximum atomic E-state index is 5.47. The van der Waals surface area contributed by atoms with Crippen molar-refractivity contribution in [2.45, 2.75) is 50.0 Å². The van der Waals surface area contributed by atoms with Gasteiger partial charge in [0.1, 0.15) is 10.8 Å². The van der Waals surface area contributed by atoms with Crippen molar-refractivity contribution in [3.63, 3.8) is 0 Å². The monoisotopic (exact) mass is 211 g/mol. The molecule has 0 amide bonds. The van der Waals surface area contributed by atoms with Crippen LogP contribution in [0, 0.1) is 0 Å². The van der Waals surface area contributed by atoms with Crippen molar-refractivity contribution in [3.8, 4) is 0 Å². The van der Waals surface area contributed by atoms with Gasteiger partial charge in [-0.1, -0.05) is 25.9 Å². The van der Waals surface area contributed by atoms with E-state index in [-0.39, 0.29) is 5.41 Å². The van der Waals surface area contributed by atoms with Gasteiger partial charge in [-0.15, -0.1) is 11.8 Å². The standard InChI is InChI=1S/C11H17NOS/c1-11(2,3)8-9(7-5-6-7)13-12-10(8)14-4/h7H,5-6H2,1-4H3. The molecule has 0 spiro atoms. The highest BCUT2D eigenvalue weighted by Gasteiger charge is 2.36. The van der Waals surface area contributed by atoms with Crippen LogP contribution in [0.3, 0.4) is 0 Å². The number of rotatable bonds is 2. The third-order valence-electron chi connectivity index (χ3n) is 2.58. The van der Waals surface area contributed by atoms with Gasteiger partial charge in [-0.05, 0) is 24.5 Å². The molecule has 1 aliphatic carbocycles. The summed E-state index contributed by atoms with van der Waals surface area (Å²) in [6.07, 6.45) is 4.60. The zero-order valence-electron chi connectivity index (χ0n) is 9.26. The molecule has 1 saturated carbocycles. The summed E-state index contributed by atoms with van der Waals surface area (Å²) in [6.45, 7) is 6.68. The van der Waals surface area contributed by atoms with E-state index in [1.165, 1.54) is 18.4 Å². The number of aromatic nitrogens is 1. The molecule has 0 aromatic carbocycles. The minimum atomic E-state index is 0.149. The molecule has 2 nitrogen and oxygen atoms in total. The zero-order chi connectivity index (χ0) is 10.3. The summed E-state index contributed by atoms with van der Waals surface area (Å²) in [5.74, 6) is 1.79. The van der Waals surface area contributed by atoms with E-state index in [1.54, 1.807) is 11.8 Å². The van der Waals surface area contributed by atoms with E-state index in [1.807, 2.05) is 0 Å². The molecular formula is C11H17NOS. The average Bonchev–Trinajstić information content (AvgIpc) is 2.82. The summed E-state index contributed by atoms with van der Waals surface area (Å²) in [4.78, 5) is 0. The van der Waals surface area contributed by atoms with Gasteiger partial charge in [0.15, 0.2) is 0 Å². The highest BCUT2D eigenvalue weighted by Crippen LogP contribution is 2.46. The first-order chi connectivity index (χ1) is 6.54. The Bertz CT molecular complexity index is 334. The molecule has 2 rings (SSSR count). The van der Waals surface area contributed by atoms with Gasteiger partial charge < -0.3 is 4.52 Å². The van der Waals surface area contributed by atoms with Crippen molar-refractivity contribution < 1.29 is 4.52 Å². The fourth-order valence-electron chi connectivity index (χ4n) is 1.74. The van der Waals surface area contributed by atoms with E-state index in [0.29, 0.717) is 5.92 Å². The summed E-state index contributed by atoms with van der Waals surface area (Å²) in [6, 6.07) is 0. The molecule has 1 fully saturated rings.